The van der Waals surface area contributed by atoms with Gasteiger partial charge in [-0.15, -0.1) is 0 Å². The lowest BCUT2D eigenvalue weighted by molar-refractivity contribution is -0.138. The molecule has 3 aromatic rings. The second kappa shape index (κ2) is 9.23. The van der Waals surface area contributed by atoms with E-state index in [1.54, 1.807) is 43.1 Å². The Morgan fingerprint density at radius 2 is 1.39 bits per heavy atom. The van der Waals surface area contributed by atoms with E-state index >= 15 is 4.79 Å². The molecule has 1 aliphatic carbocycles. The zero-order valence-corrected chi connectivity index (χ0v) is 24.5. The van der Waals surface area contributed by atoms with Crippen LogP contribution >= 0.6 is 0 Å². The molecule has 0 unspecified atom stereocenters. The largest absolute Gasteiger partial charge is 0.314 e. The zero-order valence-electron chi connectivity index (χ0n) is 24.5. The van der Waals surface area contributed by atoms with E-state index in [1.165, 1.54) is 4.90 Å². The van der Waals surface area contributed by atoms with Gasteiger partial charge >= 0.3 is 0 Å². The topological polar surface area (TPSA) is 74.8 Å². The van der Waals surface area contributed by atoms with Gasteiger partial charge in [0.15, 0.2) is 5.78 Å². The third-order valence-electron chi connectivity index (χ3n) is 9.95. The molecule has 1 spiro atoms. The van der Waals surface area contributed by atoms with Crippen molar-refractivity contribution in [3.8, 4) is 0 Å². The Labute approximate surface area is 241 Å². The number of carbonyl (C=O) groups excluding carboxylic acids is 4. The molecule has 2 heterocycles. The lowest BCUT2D eigenvalue weighted by Gasteiger charge is -2.41. The third-order valence-corrected chi connectivity index (χ3v) is 9.95. The van der Waals surface area contributed by atoms with Gasteiger partial charge in [-0.05, 0) is 47.9 Å². The van der Waals surface area contributed by atoms with E-state index in [0.29, 0.717) is 22.5 Å². The summed E-state index contributed by atoms with van der Waals surface area (Å²) in [6.07, 6.45) is 0.125. The van der Waals surface area contributed by atoms with Crippen LogP contribution in [0.5, 0.6) is 0 Å². The minimum absolute atomic E-state index is 0.0684. The van der Waals surface area contributed by atoms with Crippen LogP contribution in [0.1, 0.15) is 79.9 Å². The van der Waals surface area contributed by atoms with Crippen molar-refractivity contribution in [1.29, 1.82) is 0 Å². The quantitative estimate of drug-likeness (QED) is 0.279. The second-order valence-electron chi connectivity index (χ2n) is 12.5. The molecule has 6 nitrogen and oxygen atoms in total. The number of likely N-dealkylation sites (N-methyl/N-ethyl adjacent to an activating group) is 1. The van der Waals surface area contributed by atoms with Gasteiger partial charge in [0.2, 0.25) is 17.7 Å². The van der Waals surface area contributed by atoms with Crippen LogP contribution in [0.15, 0.2) is 72.8 Å². The molecule has 1 saturated heterocycles. The van der Waals surface area contributed by atoms with E-state index in [2.05, 4.69) is 27.7 Å². The van der Waals surface area contributed by atoms with E-state index < -0.39 is 28.6 Å². The summed E-state index contributed by atoms with van der Waals surface area (Å²) >= 11 is 0. The summed E-state index contributed by atoms with van der Waals surface area (Å²) in [5, 5.41) is 0. The number of amides is 3. The fraction of sp³-hybridized carbons (Fsp3) is 0.371. The van der Waals surface area contributed by atoms with E-state index in [1.807, 2.05) is 48.5 Å². The summed E-state index contributed by atoms with van der Waals surface area (Å²) in [6, 6.07) is 22.2. The molecule has 6 rings (SSSR count). The Morgan fingerprint density at radius 3 is 2.00 bits per heavy atom. The molecule has 3 amide bonds. The second-order valence-corrected chi connectivity index (χ2v) is 12.5. The molecule has 41 heavy (non-hydrogen) atoms. The molecule has 2 fully saturated rings. The van der Waals surface area contributed by atoms with Gasteiger partial charge < -0.3 is 4.90 Å². The van der Waals surface area contributed by atoms with Crippen molar-refractivity contribution in [2.75, 3.05) is 16.8 Å². The number of Topliss-reactive ketones (excluding diaryl/α,β-unsaturated/α-hetero) is 1. The predicted molar refractivity (Wildman–Crippen MR) is 159 cm³/mol. The summed E-state index contributed by atoms with van der Waals surface area (Å²) in [5.74, 6) is -2.79. The van der Waals surface area contributed by atoms with Gasteiger partial charge in [-0.25, -0.2) is 4.90 Å². The van der Waals surface area contributed by atoms with Crippen molar-refractivity contribution in [2.45, 2.75) is 58.3 Å². The first-order chi connectivity index (χ1) is 19.5. The number of para-hydroxylation sites is 2. The molecule has 3 aliphatic rings. The molecule has 0 aromatic heterocycles. The normalized spacial score (nSPS) is 27.0. The molecule has 0 bridgehead atoms. The van der Waals surface area contributed by atoms with Gasteiger partial charge in [-0.2, -0.15) is 0 Å². The van der Waals surface area contributed by atoms with Gasteiger partial charge in [0.05, 0.1) is 17.0 Å². The molecular formula is C35H36N2O4. The minimum atomic E-state index is -1.51. The summed E-state index contributed by atoms with van der Waals surface area (Å²) in [4.78, 5) is 61.4. The van der Waals surface area contributed by atoms with Crippen LogP contribution < -0.4 is 9.80 Å². The number of anilines is 2. The van der Waals surface area contributed by atoms with Crippen LogP contribution in [0.4, 0.5) is 11.4 Å². The molecule has 2 aliphatic heterocycles. The van der Waals surface area contributed by atoms with E-state index in [0.717, 1.165) is 11.1 Å². The number of fused-ring (bicyclic) bond motifs is 4. The fourth-order valence-corrected chi connectivity index (χ4v) is 7.95. The number of ketones is 1. The fourth-order valence-electron chi connectivity index (χ4n) is 7.95. The van der Waals surface area contributed by atoms with Crippen LogP contribution in [-0.2, 0) is 19.8 Å². The number of nitrogens with zero attached hydrogens (tertiary/aromatic N) is 2. The van der Waals surface area contributed by atoms with Crippen molar-refractivity contribution in [3.63, 3.8) is 0 Å². The highest BCUT2D eigenvalue weighted by Crippen LogP contribution is 2.69. The molecule has 3 aromatic carbocycles. The maximum Gasteiger partial charge on any atom is 0.241 e. The number of hydrogen-bond acceptors (Lipinski definition) is 4. The van der Waals surface area contributed by atoms with Gasteiger partial charge in [-0.3, -0.25) is 19.2 Å². The Bertz CT molecular complexity index is 1580. The van der Waals surface area contributed by atoms with Crippen LogP contribution in [-0.4, -0.2) is 30.6 Å². The van der Waals surface area contributed by atoms with Crippen molar-refractivity contribution in [1.82, 2.24) is 0 Å². The first-order valence-corrected chi connectivity index (χ1v) is 14.5. The van der Waals surface area contributed by atoms with Crippen LogP contribution in [0.25, 0.3) is 0 Å². The molecule has 1 saturated carbocycles. The van der Waals surface area contributed by atoms with Crippen molar-refractivity contribution in [3.05, 3.63) is 95.1 Å². The van der Waals surface area contributed by atoms with E-state index in [9.17, 15) is 14.4 Å². The maximum absolute atomic E-state index is 15.0. The monoisotopic (exact) mass is 548 g/mol. The third kappa shape index (κ3) is 3.30. The Balaban J connectivity index is 1.62. The highest BCUT2D eigenvalue weighted by atomic mass is 16.2. The molecule has 0 radical (unpaired) electrons. The Hall–Kier alpha value is -4.06. The molecule has 210 valence electrons. The molecular weight excluding hydrogens is 512 g/mol. The van der Waals surface area contributed by atoms with E-state index in [-0.39, 0.29) is 35.9 Å². The number of carbonyl (C=O) groups is 4. The smallest absolute Gasteiger partial charge is 0.241 e. The first kappa shape index (κ1) is 27.1. The lowest BCUT2D eigenvalue weighted by atomic mass is 9.57. The van der Waals surface area contributed by atoms with Crippen LogP contribution in [0, 0.1) is 17.3 Å². The molecule has 6 heteroatoms. The summed E-state index contributed by atoms with van der Waals surface area (Å²) in [5.41, 5.74) is 1.31. The average Bonchev–Trinajstić information content (AvgIpc) is 3.46. The highest BCUT2D eigenvalue weighted by Gasteiger charge is 2.80. The number of imide groups is 1. The Kier molecular flexibility index (Phi) is 6.11. The minimum Gasteiger partial charge on any atom is -0.314 e. The number of benzene rings is 3. The van der Waals surface area contributed by atoms with Gasteiger partial charge in [0, 0.05) is 24.2 Å². The summed E-state index contributed by atoms with van der Waals surface area (Å²) in [7, 11) is 1.70. The molecule has 0 N–H and O–H groups in total. The number of rotatable bonds is 5. The average molecular weight is 549 g/mol. The number of hydrogen-bond donors (Lipinski definition) is 0. The van der Waals surface area contributed by atoms with Crippen LogP contribution in [0.3, 0.4) is 0 Å². The standard InChI is InChI=1S/C35H36N2O4/c1-20(2)23-15-12-16-24(21(3)4)29(23)37-31(39)27-19-26(30(38)22-13-8-7-9-14-22)35(34(27,5)32(37)40)25-17-10-11-18-28(25)36(6)33(35)41/h7-18,20-21,26-27H,19H2,1-6H3/t26-,27+,34+,35-/m1/s1. The molecule has 4 atom stereocenters. The van der Waals surface area contributed by atoms with Gasteiger partial charge in [0.25, 0.3) is 0 Å². The van der Waals surface area contributed by atoms with Crippen molar-refractivity contribution in [2.24, 2.45) is 17.3 Å². The summed E-state index contributed by atoms with van der Waals surface area (Å²) < 4.78 is 0. The van der Waals surface area contributed by atoms with Crippen LogP contribution in [0.2, 0.25) is 0 Å². The summed E-state index contributed by atoms with van der Waals surface area (Å²) in [6.45, 7) is 9.98. The lowest BCUT2D eigenvalue weighted by Crippen LogP contribution is -2.57. The van der Waals surface area contributed by atoms with E-state index in [4.69, 9.17) is 0 Å². The van der Waals surface area contributed by atoms with Crippen molar-refractivity contribution >= 4 is 34.9 Å². The SMILES string of the molecule is CC(C)c1cccc(C(C)C)c1N1C(=O)[C@@H]2C[C@H](C(=O)c3ccccc3)[C@]3(C(=O)N(C)c4ccccc43)[C@]2(C)C1=O. The maximum atomic E-state index is 15.0. The van der Waals surface area contributed by atoms with Gasteiger partial charge in [-0.1, -0.05) is 94.4 Å². The predicted octanol–water partition coefficient (Wildman–Crippen LogP) is 6.25. The highest BCUT2D eigenvalue weighted by molar-refractivity contribution is 6.29. The van der Waals surface area contributed by atoms with Crippen molar-refractivity contribution < 1.29 is 19.2 Å². The first-order valence-electron chi connectivity index (χ1n) is 14.5. The zero-order chi connectivity index (χ0) is 29.4. The van der Waals surface area contributed by atoms with Gasteiger partial charge in [0.1, 0.15) is 5.41 Å². The Morgan fingerprint density at radius 1 is 0.805 bits per heavy atom.